The second-order valence-electron chi connectivity index (χ2n) is 4.47. The van der Waals surface area contributed by atoms with Gasteiger partial charge in [-0.25, -0.2) is 8.42 Å². The van der Waals surface area contributed by atoms with Gasteiger partial charge in [-0.05, 0) is 30.7 Å². The average Bonchev–Trinajstić information content (AvgIpc) is 2.28. The summed E-state index contributed by atoms with van der Waals surface area (Å²) in [6.45, 7) is 4.83. The van der Waals surface area contributed by atoms with Gasteiger partial charge < -0.3 is 4.90 Å². The number of hydrogen-bond donors (Lipinski definition) is 0. The third kappa shape index (κ3) is 4.28. The van der Waals surface area contributed by atoms with Crippen molar-refractivity contribution in [3.8, 4) is 0 Å². The highest BCUT2D eigenvalue weighted by molar-refractivity contribution is 9.09. The number of anilines is 1. The molecule has 1 aromatic rings. The zero-order valence-corrected chi connectivity index (χ0v) is 13.5. The van der Waals surface area contributed by atoms with Gasteiger partial charge in [0, 0.05) is 24.1 Å². The molecule has 1 rings (SSSR count). The lowest BCUT2D eigenvalue weighted by Crippen LogP contribution is -2.23. The predicted octanol–water partition coefficient (Wildman–Crippen LogP) is 3.09. The number of sulfone groups is 1. The van der Waals surface area contributed by atoms with E-state index in [0.717, 1.165) is 12.2 Å². The number of hydrogen-bond acceptors (Lipinski definition) is 3. The van der Waals surface area contributed by atoms with E-state index in [1.165, 1.54) is 0 Å². The number of rotatable bonds is 6. The van der Waals surface area contributed by atoms with Crippen LogP contribution in [0.25, 0.3) is 0 Å². The van der Waals surface area contributed by atoms with Gasteiger partial charge in [-0.1, -0.05) is 29.8 Å². The molecule has 18 heavy (non-hydrogen) atoms. The molecule has 0 aromatic heterocycles. The lowest BCUT2D eigenvalue weighted by atomic mass is 10.3. The number of nitrogens with zero attached hydrogens (tertiary/aromatic N) is 1. The summed E-state index contributed by atoms with van der Waals surface area (Å²) in [4.78, 5) is 2.90. The monoisotopic (exact) mass is 333 g/mol. The smallest absolute Gasteiger partial charge is 0.178 e. The molecule has 1 atom stereocenters. The molecule has 0 saturated carbocycles. The van der Waals surface area contributed by atoms with Crippen molar-refractivity contribution in [2.24, 2.45) is 0 Å². The van der Waals surface area contributed by atoms with Crippen molar-refractivity contribution >= 4 is 31.5 Å². The van der Waals surface area contributed by atoms with Gasteiger partial charge in [0.15, 0.2) is 9.84 Å². The third-order valence-electron chi connectivity index (χ3n) is 2.63. The highest BCUT2D eigenvalue weighted by Gasteiger charge is 2.13. The minimum atomic E-state index is -3.10. The average molecular weight is 334 g/mol. The van der Waals surface area contributed by atoms with Crippen LogP contribution in [-0.2, 0) is 9.84 Å². The maximum atomic E-state index is 11.9. The lowest BCUT2D eigenvalue weighted by Gasteiger charge is -2.20. The van der Waals surface area contributed by atoms with Crippen LogP contribution in [0.1, 0.15) is 20.3 Å². The molecular formula is C13H20BrNO2S. The van der Waals surface area contributed by atoms with Crippen molar-refractivity contribution in [2.75, 3.05) is 24.2 Å². The Hall–Kier alpha value is -0.550. The summed E-state index contributed by atoms with van der Waals surface area (Å²) in [5, 5.41) is 0. The summed E-state index contributed by atoms with van der Waals surface area (Å²) in [5.74, 6) is 0.209. The van der Waals surface area contributed by atoms with Crippen LogP contribution in [-0.4, -0.2) is 32.6 Å². The van der Waals surface area contributed by atoms with Crippen LogP contribution >= 0.6 is 15.9 Å². The second-order valence-corrected chi connectivity index (χ2v) is 8.15. The summed E-state index contributed by atoms with van der Waals surface area (Å²) in [5.41, 5.74) is 1.02. The van der Waals surface area contributed by atoms with E-state index in [1.54, 1.807) is 12.1 Å². The molecule has 0 radical (unpaired) electrons. The highest BCUT2D eigenvalue weighted by atomic mass is 79.9. The van der Waals surface area contributed by atoms with Crippen molar-refractivity contribution < 1.29 is 8.42 Å². The first-order valence-electron chi connectivity index (χ1n) is 6.05. The van der Waals surface area contributed by atoms with Crippen molar-refractivity contribution in [3.63, 3.8) is 0 Å². The molecule has 0 aliphatic rings. The predicted molar refractivity (Wildman–Crippen MR) is 80.4 cm³/mol. The molecule has 0 bridgehead atoms. The minimum Gasteiger partial charge on any atom is -0.373 e. The van der Waals surface area contributed by atoms with Crippen LogP contribution in [0.3, 0.4) is 0 Å². The van der Waals surface area contributed by atoms with E-state index in [1.807, 2.05) is 26.1 Å². The fourth-order valence-electron chi connectivity index (χ4n) is 1.78. The fourth-order valence-corrected chi connectivity index (χ4v) is 3.54. The molecule has 0 N–H and O–H groups in total. The Bertz CT molecular complexity index is 468. The zero-order valence-electron chi connectivity index (χ0n) is 11.1. The molecule has 0 aliphatic heterocycles. The Labute approximate surface area is 118 Å². The van der Waals surface area contributed by atoms with Crippen LogP contribution in [0, 0.1) is 0 Å². The quantitative estimate of drug-likeness (QED) is 0.750. The third-order valence-corrected chi connectivity index (χ3v) is 4.86. The van der Waals surface area contributed by atoms with Gasteiger partial charge in [0.1, 0.15) is 0 Å². The van der Waals surface area contributed by atoms with E-state index in [4.69, 9.17) is 0 Å². The molecule has 0 saturated heterocycles. The van der Waals surface area contributed by atoms with Crippen molar-refractivity contribution in [2.45, 2.75) is 30.0 Å². The van der Waals surface area contributed by atoms with Crippen molar-refractivity contribution in [3.05, 3.63) is 24.3 Å². The number of alkyl halides is 1. The Kier molecular flexibility index (Phi) is 5.66. The maximum Gasteiger partial charge on any atom is 0.178 e. The molecule has 0 spiro atoms. The van der Waals surface area contributed by atoms with E-state index < -0.39 is 9.84 Å². The molecule has 3 nitrogen and oxygen atoms in total. The number of halogens is 1. The summed E-state index contributed by atoms with van der Waals surface area (Å²) in [6, 6.07) is 7.10. The Morgan fingerprint density at radius 1 is 1.28 bits per heavy atom. The molecule has 0 aliphatic carbocycles. The molecule has 102 valence electrons. The standard InChI is InChI=1S/C13H20BrNO2S/c1-4-9-18(16,17)13-7-5-12(6-8-13)15(3)10-11(2)14/h5-8,11H,4,9-10H2,1-3H3. The van der Waals surface area contributed by atoms with E-state index >= 15 is 0 Å². The summed E-state index contributed by atoms with van der Waals surface area (Å²) in [7, 11) is -1.11. The van der Waals surface area contributed by atoms with E-state index in [9.17, 15) is 8.42 Å². The molecular weight excluding hydrogens is 314 g/mol. The minimum absolute atomic E-state index is 0.209. The first-order chi connectivity index (χ1) is 8.36. The van der Waals surface area contributed by atoms with Gasteiger partial charge in [-0.3, -0.25) is 0 Å². The Morgan fingerprint density at radius 2 is 1.83 bits per heavy atom. The van der Waals surface area contributed by atoms with Crippen molar-refractivity contribution in [1.82, 2.24) is 0 Å². The molecule has 0 amide bonds. The van der Waals surface area contributed by atoms with Crippen LogP contribution in [0.4, 0.5) is 5.69 Å². The second kappa shape index (κ2) is 6.57. The normalized spacial score (nSPS) is 13.3. The topological polar surface area (TPSA) is 37.4 Å². The van der Waals surface area contributed by atoms with E-state index in [-0.39, 0.29) is 5.75 Å². The van der Waals surface area contributed by atoms with Gasteiger partial charge in [-0.2, -0.15) is 0 Å². The van der Waals surface area contributed by atoms with Gasteiger partial charge in [0.2, 0.25) is 0 Å². The Morgan fingerprint density at radius 3 is 2.28 bits per heavy atom. The molecule has 1 unspecified atom stereocenters. The largest absolute Gasteiger partial charge is 0.373 e. The van der Waals surface area contributed by atoms with Crippen molar-refractivity contribution in [1.29, 1.82) is 0 Å². The first kappa shape index (κ1) is 15.5. The van der Waals surface area contributed by atoms with E-state index in [2.05, 4.69) is 27.8 Å². The van der Waals surface area contributed by atoms with Gasteiger partial charge in [0.05, 0.1) is 10.6 Å². The van der Waals surface area contributed by atoms with E-state index in [0.29, 0.717) is 16.1 Å². The molecule has 0 heterocycles. The van der Waals surface area contributed by atoms with Crippen LogP contribution in [0.15, 0.2) is 29.2 Å². The summed E-state index contributed by atoms with van der Waals surface area (Å²) in [6.07, 6.45) is 0.644. The molecule has 5 heteroatoms. The van der Waals surface area contributed by atoms with Gasteiger partial charge in [-0.15, -0.1) is 0 Å². The van der Waals surface area contributed by atoms with Crippen LogP contribution in [0.5, 0.6) is 0 Å². The first-order valence-corrected chi connectivity index (χ1v) is 8.61. The van der Waals surface area contributed by atoms with Gasteiger partial charge >= 0.3 is 0 Å². The SMILES string of the molecule is CCCS(=O)(=O)c1ccc(N(C)CC(C)Br)cc1. The molecule has 0 fully saturated rings. The molecule has 1 aromatic carbocycles. The highest BCUT2D eigenvalue weighted by Crippen LogP contribution is 2.19. The summed E-state index contributed by atoms with van der Waals surface area (Å²) >= 11 is 3.50. The lowest BCUT2D eigenvalue weighted by molar-refractivity contribution is 0.594. The fraction of sp³-hybridized carbons (Fsp3) is 0.538. The maximum absolute atomic E-state index is 11.9. The zero-order chi connectivity index (χ0) is 13.8. The Balaban J connectivity index is 2.86. The number of benzene rings is 1. The van der Waals surface area contributed by atoms with Crippen LogP contribution < -0.4 is 4.90 Å². The summed E-state index contributed by atoms with van der Waals surface area (Å²) < 4.78 is 23.7. The van der Waals surface area contributed by atoms with Crippen LogP contribution in [0.2, 0.25) is 0 Å². The van der Waals surface area contributed by atoms with Gasteiger partial charge in [0.25, 0.3) is 0 Å².